The molecule has 10 nitrogen and oxygen atoms in total. The first-order chi connectivity index (χ1) is 7.97. The molecule has 0 aromatic heterocycles. The first-order valence-corrected chi connectivity index (χ1v) is 9.85. The summed E-state index contributed by atoms with van der Waals surface area (Å²) in [6, 6.07) is 0. The van der Waals surface area contributed by atoms with Gasteiger partial charge in [0.15, 0.2) is 0 Å². The van der Waals surface area contributed by atoms with Crippen LogP contribution in [0.5, 0.6) is 0 Å². The molecule has 0 aliphatic heterocycles. The molecule has 0 amide bonds. The zero-order valence-electron chi connectivity index (χ0n) is 8.16. The third-order valence-corrected chi connectivity index (χ3v) is 4.89. The van der Waals surface area contributed by atoms with Crippen LogP contribution in [0.15, 0.2) is 0 Å². The molecule has 0 bridgehead atoms. The van der Waals surface area contributed by atoms with Gasteiger partial charge in [0.25, 0.3) is 0 Å². The molecule has 94 valence electrons. The molecule has 18 heavy (non-hydrogen) atoms. The summed E-state index contributed by atoms with van der Waals surface area (Å²) in [5.41, 5.74) is 0. The Kier molecular flexibility index (Phi) is 4.51. The number of nitrogens with zero attached hydrogens (tertiary/aromatic N) is 6. The van der Waals surface area contributed by atoms with Crippen molar-refractivity contribution in [1.29, 1.82) is 31.6 Å². The average molecular weight is 374 g/mol. The zero-order chi connectivity index (χ0) is 15.2. The van der Waals surface area contributed by atoms with Gasteiger partial charge in [-0.1, -0.05) is 0 Å². The monoisotopic (exact) mass is 376 g/mol. The SMILES string of the molecule is N#[C][Fe]([C]#N)([C]#N)([C]#N)([C]#N)[C]#N.[O]=[Mo](=[O])([OH])[OH]. The minimum atomic E-state index is -6.17. The van der Waals surface area contributed by atoms with E-state index in [1.165, 1.54) is 0 Å². The van der Waals surface area contributed by atoms with Gasteiger partial charge in [-0.2, -0.15) is 0 Å². The molecule has 0 rings (SSSR count). The van der Waals surface area contributed by atoms with Crippen LogP contribution in [0.3, 0.4) is 0 Å². The van der Waals surface area contributed by atoms with Gasteiger partial charge in [-0.3, -0.25) is 0 Å². The molecule has 0 unspecified atom stereocenters. The van der Waals surface area contributed by atoms with E-state index in [0.717, 1.165) is 29.8 Å². The van der Waals surface area contributed by atoms with Crippen LogP contribution in [0, 0.1) is 61.4 Å². The fourth-order valence-electron chi connectivity index (χ4n) is 0.265. The van der Waals surface area contributed by atoms with Crippen molar-refractivity contribution in [3.8, 4) is 29.8 Å². The molecule has 0 aromatic carbocycles. The van der Waals surface area contributed by atoms with E-state index in [-0.39, 0.29) is 0 Å². The molecule has 0 saturated heterocycles. The van der Waals surface area contributed by atoms with Crippen molar-refractivity contribution in [3.63, 3.8) is 0 Å². The molecular weight excluding hydrogens is 372 g/mol. The quantitative estimate of drug-likeness (QED) is 0.480. The molecule has 0 radical (unpaired) electrons. The summed E-state index contributed by atoms with van der Waals surface area (Å²) in [5.74, 6) is 0. The van der Waals surface area contributed by atoms with Gasteiger partial charge >= 0.3 is 103 Å². The van der Waals surface area contributed by atoms with Gasteiger partial charge in [-0.15, -0.1) is 0 Å². The summed E-state index contributed by atoms with van der Waals surface area (Å²) < 4.78 is 32.0. The molecule has 0 aromatic rings. The maximum atomic E-state index is 8.85. The standard InChI is InChI=1S/6CN.Fe.Mo.2H2O.2O/c6*1-2;;;;;;/h;;;;;;;;2*1H2;;/q;;;;;;;+2;;;;/p-2. The van der Waals surface area contributed by atoms with Gasteiger partial charge < -0.3 is 0 Å². The molecule has 0 fully saturated rings. The van der Waals surface area contributed by atoms with Crippen molar-refractivity contribution >= 4 is 0 Å². The average Bonchev–Trinajstić information content (AvgIpc) is 2.34. The maximum absolute atomic E-state index is 8.85. The van der Waals surface area contributed by atoms with Crippen molar-refractivity contribution in [1.82, 2.24) is 0 Å². The van der Waals surface area contributed by atoms with E-state index in [0.29, 0.717) is 0 Å². The second-order valence-corrected chi connectivity index (χ2v) is 10.1. The summed E-state index contributed by atoms with van der Waals surface area (Å²) in [6.07, 6.45) is 0. The predicted molar refractivity (Wildman–Crippen MR) is 39.5 cm³/mol. The topological polar surface area (TPSA) is 217 Å². The molecule has 0 aliphatic carbocycles. The van der Waals surface area contributed by atoms with E-state index in [1.54, 1.807) is 0 Å². The second-order valence-electron chi connectivity index (χ2n) is 2.25. The molecule has 12 heteroatoms. The van der Waals surface area contributed by atoms with E-state index >= 15 is 0 Å². The Labute approximate surface area is 103 Å². The van der Waals surface area contributed by atoms with E-state index in [9.17, 15) is 0 Å². The fraction of sp³-hybridized carbons (Fsp3) is 0. The summed E-state index contributed by atoms with van der Waals surface area (Å²) in [4.78, 5) is 6.19. The molecule has 2 N–H and O–H groups in total. The predicted octanol–water partition coefficient (Wildman–Crippen LogP) is -1.26. The zero-order valence-corrected chi connectivity index (χ0v) is 11.3. The normalized spacial score (nSPS) is 12.9. The Morgan fingerprint density at radius 2 is 0.778 bits per heavy atom. The van der Waals surface area contributed by atoms with Crippen molar-refractivity contribution < 1.29 is 41.8 Å². The van der Waals surface area contributed by atoms with Crippen LogP contribution in [0.4, 0.5) is 0 Å². The second kappa shape index (κ2) is 4.50. The van der Waals surface area contributed by atoms with Crippen LogP contribution in [-0.2, 0) is 34.3 Å². The number of nitriles is 6. The molecular formula is C6H2FeMoN6O4. The van der Waals surface area contributed by atoms with E-state index in [4.69, 9.17) is 45.9 Å². The minimum absolute atomic E-state index is 1.03. The number of hydrogen-bond acceptors (Lipinski definition) is 8. The number of hydrogen-bond donors (Lipinski definition) is 2. The van der Waals surface area contributed by atoms with Gasteiger partial charge in [0.1, 0.15) is 0 Å². The van der Waals surface area contributed by atoms with Crippen LogP contribution >= 0.6 is 0 Å². The first kappa shape index (κ1) is 18.0. The van der Waals surface area contributed by atoms with Gasteiger partial charge in [0.2, 0.25) is 0 Å². The summed E-state index contributed by atoms with van der Waals surface area (Å²) in [5, 5.41) is 51.5. The Bertz CT molecular complexity index is 591. The van der Waals surface area contributed by atoms with Crippen LogP contribution in [0.25, 0.3) is 0 Å². The third kappa shape index (κ3) is 2.87. The summed E-state index contributed by atoms with van der Waals surface area (Å²) in [7, 11) is -6.17. The van der Waals surface area contributed by atoms with Crippen molar-refractivity contribution in [3.05, 3.63) is 0 Å². The fourth-order valence-corrected chi connectivity index (χ4v) is 1.09. The van der Waals surface area contributed by atoms with Crippen molar-refractivity contribution in [2.75, 3.05) is 0 Å². The molecule has 0 aliphatic rings. The van der Waals surface area contributed by atoms with Gasteiger partial charge in [0, 0.05) is 0 Å². The van der Waals surface area contributed by atoms with E-state index < -0.39 is 27.5 Å². The van der Waals surface area contributed by atoms with Gasteiger partial charge in [-0.25, -0.2) is 0 Å². The molecule has 0 saturated carbocycles. The summed E-state index contributed by atoms with van der Waals surface area (Å²) >= 11 is -5.52. The van der Waals surface area contributed by atoms with Gasteiger partial charge in [0.05, 0.1) is 0 Å². The van der Waals surface area contributed by atoms with Gasteiger partial charge in [-0.05, 0) is 0 Å². The van der Waals surface area contributed by atoms with Crippen LogP contribution < -0.4 is 0 Å². The first-order valence-electron chi connectivity index (χ1n) is 3.10. The molecule has 0 atom stereocenters. The number of rotatable bonds is 0. The van der Waals surface area contributed by atoms with E-state index in [2.05, 4.69) is 0 Å². The Morgan fingerprint density at radius 3 is 0.778 bits per heavy atom. The van der Waals surface area contributed by atoms with Crippen molar-refractivity contribution in [2.45, 2.75) is 0 Å². The summed E-state index contributed by atoms with van der Waals surface area (Å²) in [6.45, 7) is 0. The molecule has 0 spiro atoms. The molecule has 0 heterocycles. The van der Waals surface area contributed by atoms with Crippen LogP contribution in [0.2, 0.25) is 0 Å². The Morgan fingerprint density at radius 1 is 0.667 bits per heavy atom. The van der Waals surface area contributed by atoms with Crippen LogP contribution in [0.1, 0.15) is 0 Å². The van der Waals surface area contributed by atoms with Crippen molar-refractivity contribution in [2.24, 2.45) is 0 Å². The third-order valence-electron chi connectivity index (χ3n) is 1.19. The van der Waals surface area contributed by atoms with Crippen LogP contribution in [-0.4, -0.2) is 7.52 Å². The van der Waals surface area contributed by atoms with E-state index in [1.807, 2.05) is 0 Å². The Balaban J connectivity index is 0. The Hall–Kier alpha value is -2.33.